The quantitative estimate of drug-likeness (QED) is 0.723. The first-order valence-electron chi connectivity index (χ1n) is 7.74. The lowest BCUT2D eigenvalue weighted by atomic mass is 10.3. The number of nitrogens with one attached hydrogen (secondary N) is 2. The highest BCUT2D eigenvalue weighted by molar-refractivity contribution is 5.94. The molecule has 1 fully saturated rings. The van der Waals surface area contributed by atoms with E-state index in [-0.39, 0.29) is 30.9 Å². The lowest BCUT2D eigenvalue weighted by Gasteiger charge is -2.33. The van der Waals surface area contributed by atoms with Crippen molar-refractivity contribution in [3.63, 3.8) is 0 Å². The molecule has 130 valence electrons. The fourth-order valence-corrected chi connectivity index (χ4v) is 2.29. The van der Waals surface area contributed by atoms with E-state index < -0.39 is 0 Å². The Morgan fingerprint density at radius 3 is 2.62 bits per heavy atom. The van der Waals surface area contributed by atoms with Gasteiger partial charge in [0.15, 0.2) is 0 Å². The minimum absolute atomic E-state index is 0.00328. The number of hydrogen-bond donors (Lipinski definition) is 2. The molecule has 1 heterocycles. The van der Waals surface area contributed by atoms with Gasteiger partial charge in [-0.2, -0.15) is 0 Å². The lowest BCUT2D eigenvalue weighted by molar-refractivity contribution is -0.139. The molecule has 0 spiro atoms. The highest BCUT2D eigenvalue weighted by Gasteiger charge is 2.28. The minimum Gasteiger partial charge on any atom is -0.383 e. The van der Waals surface area contributed by atoms with Crippen molar-refractivity contribution in [1.29, 1.82) is 0 Å². The van der Waals surface area contributed by atoms with Crippen molar-refractivity contribution in [2.75, 3.05) is 51.8 Å². The van der Waals surface area contributed by atoms with Gasteiger partial charge in [0, 0.05) is 32.4 Å². The van der Waals surface area contributed by atoms with Gasteiger partial charge in [-0.05, 0) is 12.1 Å². The first-order valence-corrected chi connectivity index (χ1v) is 7.74. The summed E-state index contributed by atoms with van der Waals surface area (Å²) in [6, 6.07) is 8.73. The Kier molecular flexibility index (Phi) is 6.56. The number of carbonyl (C=O) groups excluding carboxylic acids is 3. The molecular weight excluding hydrogens is 312 g/mol. The molecule has 0 bridgehead atoms. The third-order valence-electron chi connectivity index (χ3n) is 3.59. The van der Waals surface area contributed by atoms with Gasteiger partial charge in [-0.3, -0.25) is 9.59 Å². The van der Waals surface area contributed by atoms with Gasteiger partial charge in [-0.15, -0.1) is 0 Å². The van der Waals surface area contributed by atoms with E-state index >= 15 is 0 Å². The van der Waals surface area contributed by atoms with Crippen LogP contribution in [-0.4, -0.2) is 74.1 Å². The number of piperazine rings is 1. The number of methoxy groups -OCH3 is 1. The molecule has 8 heteroatoms. The number of rotatable bonds is 6. The van der Waals surface area contributed by atoms with E-state index in [9.17, 15) is 14.4 Å². The van der Waals surface area contributed by atoms with Gasteiger partial charge >= 0.3 is 6.03 Å². The maximum Gasteiger partial charge on any atom is 0.322 e. The summed E-state index contributed by atoms with van der Waals surface area (Å²) in [4.78, 5) is 38.9. The largest absolute Gasteiger partial charge is 0.383 e. The summed E-state index contributed by atoms with van der Waals surface area (Å²) in [5.74, 6) is -0.478. The van der Waals surface area contributed by atoms with Crippen molar-refractivity contribution in [2.45, 2.75) is 0 Å². The van der Waals surface area contributed by atoms with Gasteiger partial charge in [0.25, 0.3) is 0 Å². The Morgan fingerprint density at radius 1 is 1.21 bits per heavy atom. The topological polar surface area (TPSA) is 91.0 Å². The van der Waals surface area contributed by atoms with E-state index in [4.69, 9.17) is 4.74 Å². The van der Waals surface area contributed by atoms with E-state index in [1.165, 1.54) is 9.80 Å². The van der Waals surface area contributed by atoms with Gasteiger partial charge in [0.05, 0.1) is 13.2 Å². The Hall–Kier alpha value is -2.61. The molecule has 0 radical (unpaired) electrons. The summed E-state index contributed by atoms with van der Waals surface area (Å²) in [7, 11) is 1.55. The summed E-state index contributed by atoms with van der Waals surface area (Å²) in [6.45, 7) is 1.51. The van der Waals surface area contributed by atoms with Crippen molar-refractivity contribution < 1.29 is 19.1 Å². The molecule has 0 aliphatic carbocycles. The molecule has 24 heavy (non-hydrogen) atoms. The van der Waals surface area contributed by atoms with Crippen LogP contribution in [0, 0.1) is 0 Å². The molecule has 0 atom stereocenters. The molecule has 2 N–H and O–H groups in total. The molecule has 0 saturated carbocycles. The molecular formula is C16H22N4O4. The number of anilines is 1. The molecule has 1 aliphatic rings. The van der Waals surface area contributed by atoms with Crippen molar-refractivity contribution in [2.24, 2.45) is 0 Å². The summed E-state index contributed by atoms with van der Waals surface area (Å²) in [5, 5.41) is 5.41. The summed E-state index contributed by atoms with van der Waals surface area (Å²) in [5.41, 5.74) is 0.676. The fourth-order valence-electron chi connectivity index (χ4n) is 2.29. The number of amides is 4. The monoisotopic (exact) mass is 334 g/mol. The first kappa shape index (κ1) is 17.7. The van der Waals surface area contributed by atoms with Crippen molar-refractivity contribution in [1.82, 2.24) is 15.1 Å². The van der Waals surface area contributed by atoms with Crippen LogP contribution in [0.3, 0.4) is 0 Å². The molecule has 4 amide bonds. The van der Waals surface area contributed by atoms with Crippen molar-refractivity contribution in [3.05, 3.63) is 30.3 Å². The zero-order valence-electron chi connectivity index (χ0n) is 13.7. The first-order chi connectivity index (χ1) is 11.6. The molecule has 0 aromatic heterocycles. The van der Waals surface area contributed by atoms with E-state index in [0.717, 1.165) is 0 Å². The Balaban J connectivity index is 1.78. The lowest BCUT2D eigenvalue weighted by Crippen LogP contribution is -2.55. The molecule has 2 rings (SSSR count). The van der Waals surface area contributed by atoms with Crippen molar-refractivity contribution >= 4 is 23.5 Å². The van der Waals surface area contributed by atoms with Crippen LogP contribution in [0.2, 0.25) is 0 Å². The normalized spacial score (nSPS) is 14.5. The smallest absolute Gasteiger partial charge is 0.322 e. The third kappa shape index (κ3) is 5.24. The number of benzene rings is 1. The molecule has 1 saturated heterocycles. The second kappa shape index (κ2) is 8.88. The Morgan fingerprint density at radius 2 is 1.96 bits per heavy atom. The van der Waals surface area contributed by atoms with Crippen LogP contribution < -0.4 is 10.6 Å². The highest BCUT2D eigenvalue weighted by Crippen LogP contribution is 2.09. The average Bonchev–Trinajstić information content (AvgIpc) is 2.58. The number of carbonyl (C=O) groups is 3. The summed E-state index contributed by atoms with van der Waals surface area (Å²) >= 11 is 0. The summed E-state index contributed by atoms with van der Waals surface area (Å²) < 4.78 is 4.85. The van der Waals surface area contributed by atoms with Gasteiger partial charge in [-0.1, -0.05) is 18.2 Å². The van der Waals surface area contributed by atoms with E-state index in [1.807, 2.05) is 18.2 Å². The highest BCUT2D eigenvalue weighted by atomic mass is 16.5. The number of urea groups is 1. The fraction of sp³-hybridized carbons (Fsp3) is 0.438. The Bertz CT molecular complexity index is 579. The van der Waals surface area contributed by atoms with Crippen LogP contribution in [0.15, 0.2) is 30.3 Å². The predicted octanol–water partition coefficient (Wildman–Crippen LogP) is 0.125. The maximum atomic E-state index is 12.2. The average molecular weight is 334 g/mol. The van der Waals surface area contributed by atoms with Crippen LogP contribution in [0.4, 0.5) is 10.5 Å². The van der Waals surface area contributed by atoms with Crippen LogP contribution in [0.1, 0.15) is 0 Å². The van der Waals surface area contributed by atoms with E-state index in [0.29, 0.717) is 31.9 Å². The molecule has 1 aromatic carbocycles. The molecule has 1 aliphatic heterocycles. The number of hydrogen-bond acceptors (Lipinski definition) is 4. The SMILES string of the molecule is COCCNC(=O)CN1CCN(C(=O)Nc2ccccc2)CC1=O. The van der Waals surface area contributed by atoms with Gasteiger partial charge < -0.3 is 25.2 Å². The zero-order chi connectivity index (χ0) is 17.4. The van der Waals surface area contributed by atoms with Crippen LogP contribution in [-0.2, 0) is 14.3 Å². The molecule has 8 nitrogen and oxygen atoms in total. The number of para-hydroxylation sites is 1. The minimum atomic E-state index is -0.321. The third-order valence-corrected chi connectivity index (χ3v) is 3.59. The second-order valence-corrected chi connectivity index (χ2v) is 5.38. The predicted molar refractivity (Wildman–Crippen MR) is 88.5 cm³/mol. The molecule has 1 aromatic rings. The van der Waals surface area contributed by atoms with Crippen LogP contribution >= 0.6 is 0 Å². The number of ether oxygens (including phenoxy) is 1. The second-order valence-electron chi connectivity index (χ2n) is 5.38. The van der Waals surface area contributed by atoms with Crippen molar-refractivity contribution in [3.8, 4) is 0 Å². The van der Waals surface area contributed by atoms with E-state index in [2.05, 4.69) is 10.6 Å². The van der Waals surface area contributed by atoms with Gasteiger partial charge in [0.2, 0.25) is 11.8 Å². The maximum absolute atomic E-state index is 12.2. The van der Waals surface area contributed by atoms with Gasteiger partial charge in [-0.25, -0.2) is 4.79 Å². The summed E-state index contributed by atoms with van der Waals surface area (Å²) in [6.07, 6.45) is 0. The molecule has 0 unspecified atom stereocenters. The van der Waals surface area contributed by atoms with E-state index in [1.54, 1.807) is 19.2 Å². The number of nitrogens with zero attached hydrogens (tertiary/aromatic N) is 2. The zero-order valence-corrected chi connectivity index (χ0v) is 13.7. The van der Waals surface area contributed by atoms with Gasteiger partial charge in [0.1, 0.15) is 6.54 Å². The standard InChI is InChI=1S/C16H22N4O4/c1-24-10-7-17-14(21)11-19-8-9-20(12-15(19)22)16(23)18-13-5-3-2-4-6-13/h2-6H,7-12H2,1H3,(H,17,21)(H,18,23). The van der Waals surface area contributed by atoms with Crippen LogP contribution in [0.5, 0.6) is 0 Å². The Labute approximate surface area is 140 Å². The van der Waals surface area contributed by atoms with Crippen LogP contribution in [0.25, 0.3) is 0 Å².